The Morgan fingerprint density at radius 3 is 2.81 bits per heavy atom. The van der Waals surface area contributed by atoms with Crippen LogP contribution in [0.3, 0.4) is 0 Å². The number of nitrogens with one attached hydrogen (secondary N) is 3. The molecule has 0 aliphatic carbocycles. The predicted molar refractivity (Wildman–Crippen MR) is 85.5 cm³/mol. The van der Waals surface area contributed by atoms with E-state index in [2.05, 4.69) is 15.6 Å². The standard InChI is InChI=1S/C15H21N5O/c16-10-12-9-11(15(17)21)4-5-13(12)18-7-8-20-14-3-1-2-6-19-14/h4-5,9-10,16,18H,1-3,6-8H2,(H2,17,21)(H,19,20). The molecule has 0 saturated carbocycles. The molecule has 1 aromatic carbocycles. The molecule has 0 saturated heterocycles. The fraction of sp³-hybridized carbons (Fsp3) is 0.400. The quantitative estimate of drug-likeness (QED) is 0.469. The molecule has 0 atom stereocenters. The number of hydrogen-bond donors (Lipinski definition) is 4. The van der Waals surface area contributed by atoms with Crippen molar-refractivity contribution in [2.75, 3.05) is 25.0 Å². The highest BCUT2D eigenvalue weighted by Crippen LogP contribution is 2.15. The average Bonchev–Trinajstić information content (AvgIpc) is 2.52. The van der Waals surface area contributed by atoms with E-state index in [4.69, 9.17) is 11.1 Å². The fourth-order valence-electron chi connectivity index (χ4n) is 2.24. The molecule has 6 heteroatoms. The molecule has 1 aliphatic heterocycles. The number of amidine groups is 1. The second kappa shape index (κ2) is 7.42. The molecule has 0 spiro atoms. The second-order valence-electron chi connectivity index (χ2n) is 4.95. The van der Waals surface area contributed by atoms with Gasteiger partial charge in [0.1, 0.15) is 0 Å². The number of aliphatic imine (C=N–C) groups is 1. The summed E-state index contributed by atoms with van der Waals surface area (Å²) in [5, 5.41) is 14.0. The van der Waals surface area contributed by atoms with Crippen molar-refractivity contribution in [3.63, 3.8) is 0 Å². The molecule has 1 aliphatic rings. The minimum atomic E-state index is -0.485. The van der Waals surface area contributed by atoms with Crippen LogP contribution in [0.2, 0.25) is 0 Å². The smallest absolute Gasteiger partial charge is 0.248 e. The SMILES string of the molecule is N=Cc1cc(C(N)=O)ccc1NCCNC1=NCCCC1. The molecule has 1 amide bonds. The zero-order valence-electron chi connectivity index (χ0n) is 12.0. The Labute approximate surface area is 124 Å². The monoisotopic (exact) mass is 287 g/mol. The van der Waals surface area contributed by atoms with Gasteiger partial charge < -0.3 is 21.8 Å². The third-order valence-electron chi connectivity index (χ3n) is 3.39. The summed E-state index contributed by atoms with van der Waals surface area (Å²) in [5.41, 5.74) is 7.12. The Bertz CT molecular complexity index is 553. The molecule has 0 unspecified atom stereocenters. The van der Waals surface area contributed by atoms with Gasteiger partial charge in [-0.1, -0.05) is 0 Å². The molecule has 0 fully saturated rings. The van der Waals surface area contributed by atoms with Crippen LogP contribution in [0.5, 0.6) is 0 Å². The molecule has 0 bridgehead atoms. The van der Waals surface area contributed by atoms with Crippen molar-refractivity contribution in [3.8, 4) is 0 Å². The van der Waals surface area contributed by atoms with Crippen LogP contribution in [0, 0.1) is 5.41 Å². The van der Waals surface area contributed by atoms with Crippen LogP contribution in [0.1, 0.15) is 35.2 Å². The number of rotatable bonds is 6. The van der Waals surface area contributed by atoms with Crippen molar-refractivity contribution >= 4 is 23.6 Å². The van der Waals surface area contributed by atoms with Gasteiger partial charge in [-0.3, -0.25) is 9.79 Å². The van der Waals surface area contributed by atoms with Crippen LogP contribution in [0.25, 0.3) is 0 Å². The lowest BCUT2D eigenvalue weighted by Crippen LogP contribution is -2.30. The Hall–Kier alpha value is -2.37. The van der Waals surface area contributed by atoms with Gasteiger partial charge in [0.15, 0.2) is 0 Å². The number of nitrogens with two attached hydrogens (primary N) is 1. The van der Waals surface area contributed by atoms with Gasteiger partial charge in [0.25, 0.3) is 0 Å². The van der Waals surface area contributed by atoms with Crippen molar-refractivity contribution in [1.29, 1.82) is 5.41 Å². The summed E-state index contributed by atoms with van der Waals surface area (Å²) >= 11 is 0. The molecular weight excluding hydrogens is 266 g/mol. The first-order chi connectivity index (χ1) is 10.2. The van der Waals surface area contributed by atoms with Crippen molar-refractivity contribution in [3.05, 3.63) is 29.3 Å². The van der Waals surface area contributed by atoms with Gasteiger partial charge in [0.05, 0.1) is 5.84 Å². The van der Waals surface area contributed by atoms with Crippen molar-refractivity contribution < 1.29 is 4.79 Å². The number of carbonyl (C=O) groups excluding carboxylic acids is 1. The van der Waals surface area contributed by atoms with E-state index in [9.17, 15) is 4.79 Å². The third-order valence-corrected chi connectivity index (χ3v) is 3.39. The van der Waals surface area contributed by atoms with E-state index in [0.717, 1.165) is 37.6 Å². The van der Waals surface area contributed by atoms with Gasteiger partial charge >= 0.3 is 0 Å². The van der Waals surface area contributed by atoms with Gasteiger partial charge in [-0.15, -0.1) is 0 Å². The largest absolute Gasteiger partial charge is 0.383 e. The van der Waals surface area contributed by atoms with E-state index in [-0.39, 0.29) is 0 Å². The van der Waals surface area contributed by atoms with E-state index < -0.39 is 5.91 Å². The number of benzene rings is 1. The first-order valence-electron chi connectivity index (χ1n) is 7.16. The highest BCUT2D eigenvalue weighted by molar-refractivity contribution is 5.96. The summed E-state index contributed by atoms with van der Waals surface area (Å²) in [6.07, 6.45) is 4.62. The second-order valence-corrected chi connectivity index (χ2v) is 4.95. The molecule has 1 aromatic rings. The highest BCUT2D eigenvalue weighted by atomic mass is 16.1. The minimum Gasteiger partial charge on any atom is -0.383 e. The van der Waals surface area contributed by atoms with Crippen LogP contribution in [0.4, 0.5) is 5.69 Å². The first-order valence-corrected chi connectivity index (χ1v) is 7.16. The zero-order valence-corrected chi connectivity index (χ0v) is 12.0. The first kappa shape index (κ1) is 15.0. The Balaban J connectivity index is 1.86. The minimum absolute atomic E-state index is 0.411. The number of nitrogens with zero attached hydrogens (tertiary/aromatic N) is 1. The normalized spacial score (nSPS) is 14.2. The van der Waals surface area contributed by atoms with Crippen molar-refractivity contribution in [2.24, 2.45) is 10.7 Å². The van der Waals surface area contributed by atoms with Crippen molar-refractivity contribution in [2.45, 2.75) is 19.3 Å². The third kappa shape index (κ3) is 4.30. The average molecular weight is 287 g/mol. The molecule has 21 heavy (non-hydrogen) atoms. The van der Waals surface area contributed by atoms with Crippen LogP contribution in [0.15, 0.2) is 23.2 Å². The molecule has 5 N–H and O–H groups in total. The van der Waals surface area contributed by atoms with E-state index in [1.54, 1.807) is 18.2 Å². The van der Waals surface area contributed by atoms with Crippen molar-refractivity contribution in [1.82, 2.24) is 5.32 Å². The molecule has 0 aromatic heterocycles. The molecule has 2 rings (SSSR count). The van der Waals surface area contributed by atoms with Crippen LogP contribution >= 0.6 is 0 Å². The Morgan fingerprint density at radius 1 is 1.33 bits per heavy atom. The molecule has 1 heterocycles. The molecule has 6 nitrogen and oxygen atoms in total. The topological polar surface area (TPSA) is 103 Å². The van der Waals surface area contributed by atoms with Gasteiger partial charge in [-0.05, 0) is 31.0 Å². The van der Waals surface area contributed by atoms with Crippen LogP contribution < -0.4 is 16.4 Å². The predicted octanol–water partition coefficient (Wildman–Crippen LogP) is 1.37. The van der Waals surface area contributed by atoms with E-state index in [1.807, 2.05) is 0 Å². The number of amides is 1. The van der Waals surface area contributed by atoms with Crippen LogP contribution in [-0.2, 0) is 0 Å². The lowest BCUT2D eigenvalue weighted by molar-refractivity contribution is 0.100. The number of hydrogen-bond acceptors (Lipinski definition) is 5. The van der Waals surface area contributed by atoms with E-state index in [1.165, 1.54) is 19.1 Å². The van der Waals surface area contributed by atoms with E-state index >= 15 is 0 Å². The maximum Gasteiger partial charge on any atom is 0.248 e. The lowest BCUT2D eigenvalue weighted by atomic mass is 10.1. The number of carbonyl (C=O) groups is 1. The van der Waals surface area contributed by atoms with Crippen LogP contribution in [-0.4, -0.2) is 37.6 Å². The maximum absolute atomic E-state index is 11.1. The lowest BCUT2D eigenvalue weighted by Gasteiger charge is -2.15. The summed E-state index contributed by atoms with van der Waals surface area (Å²) < 4.78 is 0. The summed E-state index contributed by atoms with van der Waals surface area (Å²) in [7, 11) is 0. The Kier molecular flexibility index (Phi) is 5.31. The van der Waals surface area contributed by atoms with Gasteiger partial charge in [-0.25, -0.2) is 0 Å². The highest BCUT2D eigenvalue weighted by Gasteiger charge is 2.06. The Morgan fingerprint density at radius 2 is 2.14 bits per heavy atom. The summed E-state index contributed by atoms with van der Waals surface area (Å²) in [6.45, 7) is 2.41. The fourth-order valence-corrected chi connectivity index (χ4v) is 2.24. The van der Waals surface area contributed by atoms with E-state index in [0.29, 0.717) is 11.1 Å². The van der Waals surface area contributed by atoms with Gasteiger partial charge in [-0.2, -0.15) is 0 Å². The van der Waals surface area contributed by atoms with Gasteiger partial charge in [0.2, 0.25) is 5.91 Å². The zero-order chi connectivity index (χ0) is 15.1. The summed E-state index contributed by atoms with van der Waals surface area (Å²) in [6, 6.07) is 5.06. The molecule has 112 valence electrons. The number of anilines is 1. The van der Waals surface area contributed by atoms with Gasteiger partial charge in [0, 0.05) is 49.1 Å². The molecular formula is C15H21N5O. The number of primary amides is 1. The molecule has 0 radical (unpaired) electrons. The summed E-state index contributed by atoms with van der Waals surface area (Å²) in [4.78, 5) is 15.5. The maximum atomic E-state index is 11.1. The summed E-state index contributed by atoms with van der Waals surface area (Å²) in [5.74, 6) is 0.598.